The number of nitrogens with one attached hydrogen (secondary N) is 1. The van der Waals surface area contributed by atoms with Gasteiger partial charge in [0.15, 0.2) is 0 Å². The van der Waals surface area contributed by atoms with Gasteiger partial charge in [-0.15, -0.1) is 11.3 Å². The SMILES string of the molecule is COc1cc(OC)cc([C@H](NC(=O)c2cc(Cl)sc2Cl)c2nccn2C)c1. The lowest BCUT2D eigenvalue weighted by molar-refractivity contribution is 0.0941. The van der Waals surface area contributed by atoms with Crippen molar-refractivity contribution >= 4 is 40.4 Å². The van der Waals surface area contributed by atoms with Crippen LogP contribution in [0.25, 0.3) is 0 Å². The van der Waals surface area contributed by atoms with Crippen LogP contribution in [0.1, 0.15) is 27.8 Å². The summed E-state index contributed by atoms with van der Waals surface area (Å²) >= 11 is 13.2. The standard InChI is InChI=1S/C18H17Cl2N3O3S/c1-23-5-4-21-17(23)15(10-6-11(25-2)8-12(7-10)26-3)22-18(24)13-9-14(19)27-16(13)20/h4-9,15H,1-3H3,(H,22,24)/t15-/m0/s1. The number of rotatable bonds is 6. The van der Waals surface area contributed by atoms with Crippen LogP contribution in [-0.2, 0) is 7.05 Å². The van der Waals surface area contributed by atoms with E-state index in [2.05, 4.69) is 10.3 Å². The molecule has 6 nitrogen and oxygen atoms in total. The molecule has 3 aromatic rings. The first kappa shape index (κ1) is 19.5. The minimum Gasteiger partial charge on any atom is -0.497 e. The number of nitrogens with zero attached hydrogens (tertiary/aromatic N) is 2. The van der Waals surface area contributed by atoms with E-state index in [9.17, 15) is 4.79 Å². The van der Waals surface area contributed by atoms with Gasteiger partial charge in [0.1, 0.15) is 27.7 Å². The molecule has 0 spiro atoms. The van der Waals surface area contributed by atoms with Crippen molar-refractivity contribution in [1.29, 1.82) is 0 Å². The summed E-state index contributed by atoms with van der Waals surface area (Å²) in [5.74, 6) is 1.51. The zero-order chi connectivity index (χ0) is 19.6. The van der Waals surface area contributed by atoms with Gasteiger partial charge in [0, 0.05) is 25.5 Å². The Morgan fingerprint density at radius 1 is 1.19 bits per heavy atom. The first-order chi connectivity index (χ1) is 12.9. The number of thiophene rings is 1. The number of imidazole rings is 1. The third-order valence-electron chi connectivity index (χ3n) is 4.00. The normalized spacial score (nSPS) is 11.9. The molecular weight excluding hydrogens is 409 g/mol. The first-order valence-corrected chi connectivity index (χ1v) is 9.46. The van der Waals surface area contributed by atoms with Gasteiger partial charge < -0.3 is 19.4 Å². The van der Waals surface area contributed by atoms with Crippen molar-refractivity contribution in [2.45, 2.75) is 6.04 Å². The Bertz CT molecular complexity index is 948. The van der Waals surface area contributed by atoms with E-state index in [4.69, 9.17) is 32.7 Å². The Hall–Kier alpha value is -2.22. The van der Waals surface area contributed by atoms with Crippen molar-refractivity contribution in [1.82, 2.24) is 14.9 Å². The summed E-state index contributed by atoms with van der Waals surface area (Å²) in [4.78, 5) is 17.2. The maximum absolute atomic E-state index is 12.8. The van der Waals surface area contributed by atoms with E-state index < -0.39 is 6.04 Å². The van der Waals surface area contributed by atoms with Crippen molar-refractivity contribution in [2.75, 3.05) is 14.2 Å². The number of hydrogen-bond donors (Lipinski definition) is 1. The van der Waals surface area contributed by atoms with E-state index >= 15 is 0 Å². The fourth-order valence-corrected chi connectivity index (χ4v) is 4.11. The van der Waals surface area contributed by atoms with Crippen molar-refractivity contribution in [3.8, 4) is 11.5 Å². The van der Waals surface area contributed by atoms with Gasteiger partial charge in [-0.1, -0.05) is 23.2 Å². The molecule has 1 amide bonds. The summed E-state index contributed by atoms with van der Waals surface area (Å²) in [5.41, 5.74) is 1.08. The van der Waals surface area contributed by atoms with Crippen LogP contribution in [0.4, 0.5) is 0 Å². The molecule has 0 aliphatic carbocycles. The summed E-state index contributed by atoms with van der Waals surface area (Å²) in [6.07, 6.45) is 3.47. The molecule has 27 heavy (non-hydrogen) atoms. The van der Waals surface area contributed by atoms with Crippen LogP contribution in [0.15, 0.2) is 36.7 Å². The van der Waals surface area contributed by atoms with Crippen LogP contribution in [-0.4, -0.2) is 29.7 Å². The van der Waals surface area contributed by atoms with E-state index in [1.165, 1.54) is 0 Å². The smallest absolute Gasteiger partial charge is 0.254 e. The topological polar surface area (TPSA) is 65.4 Å². The number of halogens is 2. The Labute approximate surface area is 170 Å². The zero-order valence-electron chi connectivity index (χ0n) is 14.8. The average Bonchev–Trinajstić information content (AvgIpc) is 3.23. The molecule has 0 fully saturated rings. The average molecular weight is 426 g/mol. The number of benzene rings is 1. The molecule has 142 valence electrons. The highest BCUT2D eigenvalue weighted by Crippen LogP contribution is 2.33. The van der Waals surface area contributed by atoms with Gasteiger partial charge in [-0.3, -0.25) is 4.79 Å². The molecule has 2 aromatic heterocycles. The predicted molar refractivity (Wildman–Crippen MR) is 106 cm³/mol. The van der Waals surface area contributed by atoms with E-state index in [1.54, 1.807) is 38.7 Å². The van der Waals surface area contributed by atoms with Gasteiger partial charge in [0.05, 0.1) is 24.1 Å². The van der Waals surface area contributed by atoms with Gasteiger partial charge in [-0.2, -0.15) is 0 Å². The number of hydrogen-bond acceptors (Lipinski definition) is 5. The third-order valence-corrected chi connectivity index (χ3v) is 5.49. The van der Waals surface area contributed by atoms with Crippen LogP contribution in [0.3, 0.4) is 0 Å². The van der Waals surface area contributed by atoms with Gasteiger partial charge in [-0.25, -0.2) is 4.98 Å². The Morgan fingerprint density at radius 2 is 1.85 bits per heavy atom. The first-order valence-electron chi connectivity index (χ1n) is 7.88. The number of amides is 1. The van der Waals surface area contributed by atoms with Gasteiger partial charge in [-0.05, 0) is 23.8 Å². The quantitative estimate of drug-likeness (QED) is 0.638. The fraction of sp³-hybridized carbons (Fsp3) is 0.222. The van der Waals surface area contributed by atoms with Gasteiger partial charge >= 0.3 is 0 Å². The molecule has 2 heterocycles. The summed E-state index contributed by atoms with van der Waals surface area (Å²) < 4.78 is 13.3. The van der Waals surface area contributed by atoms with E-state index in [1.807, 2.05) is 23.7 Å². The zero-order valence-corrected chi connectivity index (χ0v) is 17.2. The number of aromatic nitrogens is 2. The Balaban J connectivity index is 2.04. The molecular formula is C18H17Cl2N3O3S. The molecule has 0 unspecified atom stereocenters. The fourth-order valence-electron chi connectivity index (χ4n) is 2.65. The molecule has 1 aromatic carbocycles. The number of methoxy groups -OCH3 is 2. The second-order valence-electron chi connectivity index (χ2n) is 5.69. The minimum atomic E-state index is -0.545. The molecule has 1 atom stereocenters. The number of ether oxygens (including phenoxy) is 2. The molecule has 0 saturated heterocycles. The number of carbonyl (C=O) groups excluding carboxylic acids is 1. The predicted octanol–water partition coefficient (Wildman–Crippen LogP) is 4.33. The Morgan fingerprint density at radius 3 is 2.33 bits per heavy atom. The molecule has 0 bridgehead atoms. The summed E-state index contributed by atoms with van der Waals surface area (Å²) in [7, 11) is 4.99. The molecule has 9 heteroatoms. The maximum Gasteiger partial charge on any atom is 0.254 e. The lowest BCUT2D eigenvalue weighted by Gasteiger charge is -2.20. The second kappa shape index (κ2) is 8.21. The number of aryl methyl sites for hydroxylation is 1. The minimum absolute atomic E-state index is 0.320. The van der Waals surface area contributed by atoms with Gasteiger partial charge in [0.25, 0.3) is 5.91 Å². The highest BCUT2D eigenvalue weighted by molar-refractivity contribution is 7.20. The lowest BCUT2D eigenvalue weighted by atomic mass is 10.0. The highest BCUT2D eigenvalue weighted by atomic mass is 35.5. The maximum atomic E-state index is 12.8. The lowest BCUT2D eigenvalue weighted by Crippen LogP contribution is -2.31. The summed E-state index contributed by atoms with van der Waals surface area (Å²) in [6.45, 7) is 0. The van der Waals surface area contributed by atoms with Crippen LogP contribution in [0, 0.1) is 0 Å². The number of carbonyl (C=O) groups is 1. The Kier molecular flexibility index (Phi) is 5.94. The summed E-state index contributed by atoms with van der Waals surface area (Å²) in [5, 5.41) is 2.98. The van der Waals surface area contributed by atoms with Crippen LogP contribution in [0.5, 0.6) is 11.5 Å². The second-order valence-corrected chi connectivity index (χ2v) is 7.97. The van der Waals surface area contributed by atoms with Crippen molar-refractivity contribution < 1.29 is 14.3 Å². The van der Waals surface area contributed by atoms with Gasteiger partial charge in [0.2, 0.25) is 0 Å². The highest BCUT2D eigenvalue weighted by Gasteiger charge is 2.24. The molecule has 0 aliphatic rings. The largest absolute Gasteiger partial charge is 0.497 e. The van der Waals surface area contributed by atoms with Crippen LogP contribution >= 0.6 is 34.5 Å². The van der Waals surface area contributed by atoms with Crippen molar-refractivity contribution in [2.24, 2.45) is 7.05 Å². The van der Waals surface area contributed by atoms with Crippen molar-refractivity contribution in [3.63, 3.8) is 0 Å². The molecule has 3 rings (SSSR count). The van der Waals surface area contributed by atoms with Crippen molar-refractivity contribution in [3.05, 3.63) is 62.3 Å². The summed E-state index contributed by atoms with van der Waals surface area (Å²) in [6, 6.07) is 6.41. The van der Waals surface area contributed by atoms with E-state index in [0.717, 1.165) is 16.9 Å². The monoisotopic (exact) mass is 425 g/mol. The molecule has 0 aliphatic heterocycles. The third kappa shape index (κ3) is 4.21. The van der Waals surface area contributed by atoms with E-state index in [0.29, 0.717) is 31.6 Å². The van der Waals surface area contributed by atoms with Crippen LogP contribution in [0.2, 0.25) is 8.67 Å². The molecule has 1 N–H and O–H groups in total. The molecule has 0 radical (unpaired) electrons. The van der Waals surface area contributed by atoms with E-state index in [-0.39, 0.29) is 5.91 Å². The van der Waals surface area contributed by atoms with Crippen LogP contribution < -0.4 is 14.8 Å². The molecule has 0 saturated carbocycles.